The number of nitrogens with one attached hydrogen (secondary N) is 1. The van der Waals surface area contributed by atoms with Crippen LogP contribution in [0, 0.1) is 0 Å². The fourth-order valence-electron chi connectivity index (χ4n) is 1.49. The van der Waals surface area contributed by atoms with Crippen molar-refractivity contribution < 1.29 is 19.8 Å². The van der Waals surface area contributed by atoms with Gasteiger partial charge < -0.3 is 21.3 Å². The molecule has 0 spiro atoms. The molecule has 7 nitrogen and oxygen atoms in total. The van der Waals surface area contributed by atoms with Gasteiger partial charge in [-0.15, -0.1) is 0 Å². The molecule has 0 unspecified atom stereocenters. The van der Waals surface area contributed by atoms with Crippen LogP contribution in [0.1, 0.15) is 12.5 Å². The number of amides is 2. The summed E-state index contributed by atoms with van der Waals surface area (Å²) in [6.45, 7) is 2.25. The van der Waals surface area contributed by atoms with E-state index in [9.17, 15) is 9.59 Å². The van der Waals surface area contributed by atoms with Crippen LogP contribution in [0.15, 0.2) is 18.2 Å². The number of benzene rings is 1. The first kappa shape index (κ1) is 13.6. The van der Waals surface area contributed by atoms with Gasteiger partial charge in [-0.25, -0.2) is 14.5 Å². The van der Waals surface area contributed by atoms with Crippen molar-refractivity contribution in [2.75, 3.05) is 17.6 Å². The van der Waals surface area contributed by atoms with Gasteiger partial charge in [0.2, 0.25) is 0 Å². The summed E-state index contributed by atoms with van der Waals surface area (Å²) in [6, 6.07) is 4.90. The van der Waals surface area contributed by atoms with Gasteiger partial charge in [-0.3, -0.25) is 0 Å². The highest BCUT2D eigenvalue weighted by Crippen LogP contribution is 2.20. The van der Waals surface area contributed by atoms with Crippen LogP contribution in [0.4, 0.5) is 21.0 Å². The Morgan fingerprint density at radius 3 is 2.44 bits per heavy atom. The molecule has 0 bridgehead atoms. The zero-order valence-electron chi connectivity index (χ0n) is 9.88. The summed E-state index contributed by atoms with van der Waals surface area (Å²) in [4.78, 5) is 21.9. The average Bonchev–Trinajstić information content (AvgIpc) is 2.28. The van der Waals surface area contributed by atoms with Crippen LogP contribution in [0.2, 0.25) is 0 Å². The summed E-state index contributed by atoms with van der Waals surface area (Å²) in [5, 5.41) is 20.6. The second-order valence-corrected chi connectivity index (χ2v) is 3.60. The number of nitrogen functional groups attached to an aromatic ring is 1. The van der Waals surface area contributed by atoms with Crippen molar-refractivity contribution >= 4 is 23.6 Å². The Morgan fingerprint density at radius 2 is 1.94 bits per heavy atom. The number of hydrogen-bond donors (Lipinski definition) is 4. The highest BCUT2D eigenvalue weighted by molar-refractivity contribution is 5.85. The van der Waals surface area contributed by atoms with Crippen molar-refractivity contribution in [1.29, 1.82) is 0 Å². The van der Waals surface area contributed by atoms with Gasteiger partial charge in [-0.05, 0) is 30.7 Å². The van der Waals surface area contributed by atoms with Crippen molar-refractivity contribution in [1.82, 2.24) is 4.90 Å². The summed E-state index contributed by atoms with van der Waals surface area (Å²) in [6.07, 6.45) is -3.04. The summed E-state index contributed by atoms with van der Waals surface area (Å²) >= 11 is 0. The number of carbonyl (C=O) groups is 2. The third-order valence-electron chi connectivity index (χ3n) is 2.29. The number of rotatable bonds is 4. The molecule has 98 valence electrons. The lowest BCUT2D eigenvalue weighted by Crippen LogP contribution is -2.34. The standard InChI is InChI=1S/C11H15N3O4/c1-2-13-9-4-3-8(12)5-7(9)6-14(10(15)16)11(17)18/h3-5,13H,2,6,12H2,1H3,(H,15,16)(H,17,18). The number of nitrogens with zero attached hydrogens (tertiary/aromatic N) is 1. The van der Waals surface area contributed by atoms with Gasteiger partial charge in [0.1, 0.15) is 0 Å². The zero-order chi connectivity index (χ0) is 13.7. The van der Waals surface area contributed by atoms with Crippen LogP contribution >= 0.6 is 0 Å². The van der Waals surface area contributed by atoms with E-state index in [2.05, 4.69) is 5.32 Å². The van der Waals surface area contributed by atoms with E-state index in [1.54, 1.807) is 18.2 Å². The summed E-state index contributed by atoms with van der Waals surface area (Å²) in [5.41, 5.74) is 7.24. The minimum Gasteiger partial charge on any atom is -0.465 e. The fourth-order valence-corrected chi connectivity index (χ4v) is 1.49. The van der Waals surface area contributed by atoms with E-state index < -0.39 is 12.2 Å². The maximum absolute atomic E-state index is 10.8. The first-order valence-electron chi connectivity index (χ1n) is 5.31. The fraction of sp³-hybridized carbons (Fsp3) is 0.273. The molecule has 1 rings (SSSR count). The molecule has 2 amide bonds. The van der Waals surface area contributed by atoms with Crippen LogP contribution in [0.25, 0.3) is 0 Å². The quantitative estimate of drug-likeness (QED) is 0.608. The first-order valence-corrected chi connectivity index (χ1v) is 5.31. The van der Waals surface area contributed by atoms with Crippen molar-refractivity contribution in [3.05, 3.63) is 23.8 Å². The van der Waals surface area contributed by atoms with Gasteiger partial charge in [0, 0.05) is 17.9 Å². The van der Waals surface area contributed by atoms with Gasteiger partial charge in [0.15, 0.2) is 0 Å². The maximum atomic E-state index is 10.8. The molecule has 1 aromatic carbocycles. The molecule has 0 aliphatic heterocycles. The molecule has 0 atom stereocenters. The predicted molar refractivity (Wildman–Crippen MR) is 66.6 cm³/mol. The molecule has 5 N–H and O–H groups in total. The average molecular weight is 253 g/mol. The van der Waals surface area contributed by atoms with E-state index in [1.165, 1.54) is 0 Å². The van der Waals surface area contributed by atoms with Gasteiger partial charge in [-0.2, -0.15) is 0 Å². The molecule has 1 aromatic rings. The van der Waals surface area contributed by atoms with Gasteiger partial charge in [0.05, 0.1) is 6.54 Å². The monoisotopic (exact) mass is 253 g/mol. The molecule has 0 heterocycles. The van der Waals surface area contributed by atoms with Crippen molar-refractivity contribution in [2.24, 2.45) is 0 Å². The van der Waals surface area contributed by atoms with Crippen LogP contribution < -0.4 is 11.1 Å². The normalized spacial score (nSPS) is 9.83. The van der Waals surface area contributed by atoms with Crippen LogP contribution in [-0.2, 0) is 6.54 Å². The van der Waals surface area contributed by atoms with Gasteiger partial charge in [-0.1, -0.05) is 0 Å². The molecule has 0 aliphatic carbocycles. The van der Waals surface area contributed by atoms with Crippen LogP contribution in [0.3, 0.4) is 0 Å². The molecule has 7 heteroatoms. The second kappa shape index (κ2) is 5.76. The molecule has 0 fully saturated rings. The molecule has 0 aliphatic rings. The largest absolute Gasteiger partial charge is 0.465 e. The lowest BCUT2D eigenvalue weighted by Gasteiger charge is -2.17. The van der Waals surface area contributed by atoms with Crippen molar-refractivity contribution in [3.8, 4) is 0 Å². The minimum atomic E-state index is -1.52. The number of carboxylic acid groups (broad SMARTS) is 2. The molecule has 0 saturated heterocycles. The topological polar surface area (TPSA) is 116 Å². The SMILES string of the molecule is CCNc1ccc(N)cc1CN(C(=O)O)C(=O)O. The molecule has 0 aromatic heterocycles. The Balaban J connectivity index is 3.03. The minimum absolute atomic E-state index is 0.266. The van der Waals surface area contributed by atoms with E-state index >= 15 is 0 Å². The smallest absolute Gasteiger partial charge is 0.417 e. The molecule has 0 radical (unpaired) electrons. The van der Waals surface area contributed by atoms with Crippen molar-refractivity contribution in [2.45, 2.75) is 13.5 Å². The highest BCUT2D eigenvalue weighted by Gasteiger charge is 2.21. The number of hydrogen-bond acceptors (Lipinski definition) is 4. The lowest BCUT2D eigenvalue weighted by atomic mass is 10.1. The van der Waals surface area contributed by atoms with Crippen LogP contribution in [-0.4, -0.2) is 33.8 Å². The molecular formula is C11H15N3O4. The third kappa shape index (κ3) is 3.27. The molecule has 18 heavy (non-hydrogen) atoms. The lowest BCUT2D eigenvalue weighted by molar-refractivity contribution is 0.120. The summed E-state index contributed by atoms with van der Waals surface area (Å²) < 4.78 is 0. The Labute approximate surface area is 104 Å². The van der Waals surface area contributed by atoms with E-state index in [-0.39, 0.29) is 6.54 Å². The Kier molecular flexibility index (Phi) is 4.36. The number of anilines is 2. The summed E-state index contributed by atoms with van der Waals surface area (Å²) in [7, 11) is 0. The first-order chi connectivity index (χ1) is 8.45. The molecular weight excluding hydrogens is 238 g/mol. The highest BCUT2D eigenvalue weighted by atomic mass is 16.4. The van der Waals surface area contributed by atoms with E-state index in [1.807, 2.05) is 6.92 Å². The Hall–Kier alpha value is -2.44. The molecule has 0 saturated carbocycles. The van der Waals surface area contributed by atoms with Crippen LogP contribution in [0.5, 0.6) is 0 Å². The summed E-state index contributed by atoms with van der Waals surface area (Å²) in [5.74, 6) is 0. The second-order valence-electron chi connectivity index (χ2n) is 3.60. The number of nitrogens with two attached hydrogens (primary N) is 1. The maximum Gasteiger partial charge on any atom is 0.417 e. The van der Waals surface area contributed by atoms with E-state index in [0.717, 1.165) is 0 Å². The predicted octanol–water partition coefficient (Wildman–Crippen LogP) is 1.86. The Morgan fingerprint density at radius 1 is 1.33 bits per heavy atom. The van der Waals surface area contributed by atoms with Gasteiger partial charge in [0.25, 0.3) is 0 Å². The van der Waals surface area contributed by atoms with Crippen molar-refractivity contribution in [3.63, 3.8) is 0 Å². The zero-order valence-corrected chi connectivity index (χ0v) is 9.88. The number of imide groups is 1. The third-order valence-corrected chi connectivity index (χ3v) is 2.29. The van der Waals surface area contributed by atoms with E-state index in [4.69, 9.17) is 15.9 Å². The van der Waals surface area contributed by atoms with Gasteiger partial charge >= 0.3 is 12.2 Å². The van der Waals surface area contributed by atoms with E-state index in [0.29, 0.717) is 28.4 Å². The Bertz CT molecular complexity index is 448.